The Morgan fingerprint density at radius 2 is 1.77 bits per heavy atom. The predicted octanol–water partition coefficient (Wildman–Crippen LogP) is 7.50. The number of carboxylic acid groups (broad SMARTS) is 1. The van der Waals surface area contributed by atoms with Gasteiger partial charge in [-0.05, 0) is 72.1 Å². The monoisotopic (exact) mass is 630 g/mol. The van der Waals surface area contributed by atoms with Crippen molar-refractivity contribution in [3.8, 4) is 5.75 Å². The molecule has 3 heterocycles. The first-order valence-corrected chi connectivity index (χ1v) is 14.2. The molecule has 0 aliphatic heterocycles. The molecule has 0 unspecified atom stereocenters. The minimum Gasteiger partial charge on any atom is -0.486 e. The lowest BCUT2D eigenvalue weighted by atomic mass is 9.79. The zero-order valence-electron chi connectivity index (χ0n) is 22.2. The Morgan fingerprint density at radius 1 is 1.10 bits per heavy atom. The molecule has 0 aliphatic rings. The van der Waals surface area contributed by atoms with E-state index < -0.39 is 16.8 Å². The number of aromatic nitrogens is 2. The fourth-order valence-corrected chi connectivity index (χ4v) is 5.48. The van der Waals surface area contributed by atoms with E-state index in [9.17, 15) is 19.5 Å². The number of hydrogen-bond donors (Lipinski definition) is 1. The number of carbonyl (C=O) groups is 3. The first-order valence-electron chi connectivity index (χ1n) is 12.2. The van der Waals surface area contributed by atoms with Gasteiger partial charge in [0.1, 0.15) is 22.0 Å². The fourth-order valence-electron chi connectivity index (χ4n) is 4.18. The molecule has 204 valence electrons. The zero-order chi connectivity index (χ0) is 28.7. The van der Waals surface area contributed by atoms with Crippen LogP contribution in [0.2, 0.25) is 5.02 Å². The number of Topliss-reactive ketones (excluding diaryl/α,β-unsaturated/α-hetero) is 1. The number of ketones is 2. The molecular weight excluding hydrogens is 604 g/mol. The molecule has 0 saturated heterocycles. The maximum absolute atomic E-state index is 14.0. The molecule has 39 heavy (non-hydrogen) atoms. The number of ether oxygens (including phenoxy) is 1. The summed E-state index contributed by atoms with van der Waals surface area (Å²) in [7, 11) is 0. The van der Waals surface area contributed by atoms with Crippen LogP contribution in [0.25, 0.3) is 5.52 Å². The van der Waals surface area contributed by atoms with Gasteiger partial charge < -0.3 is 14.2 Å². The highest BCUT2D eigenvalue weighted by Gasteiger charge is 2.37. The summed E-state index contributed by atoms with van der Waals surface area (Å²) in [6.07, 6.45) is 1.65. The normalized spacial score (nSPS) is 12.1. The quantitative estimate of drug-likeness (QED) is 0.192. The van der Waals surface area contributed by atoms with Gasteiger partial charge in [-0.15, -0.1) is 11.3 Å². The van der Waals surface area contributed by atoms with Gasteiger partial charge in [0.05, 0.1) is 16.6 Å². The number of nitrogens with zero attached hydrogens (tertiary/aromatic N) is 2. The lowest BCUT2D eigenvalue weighted by Crippen LogP contribution is -2.29. The van der Waals surface area contributed by atoms with Gasteiger partial charge in [-0.3, -0.25) is 14.4 Å². The second-order valence-corrected chi connectivity index (χ2v) is 13.1. The SMILES string of the molecule is CC(C)(C)C(=O)c1c(CC(C)(C)C(=O)O)c(C(=O)c2ccc(Cl)cc2)n2ccc(OCc3nc(Br)cs3)cc12. The van der Waals surface area contributed by atoms with Crippen molar-refractivity contribution in [3.05, 3.63) is 85.0 Å². The van der Waals surface area contributed by atoms with Gasteiger partial charge in [0.25, 0.3) is 0 Å². The maximum Gasteiger partial charge on any atom is 0.309 e. The molecule has 0 saturated carbocycles. The largest absolute Gasteiger partial charge is 0.486 e. The van der Waals surface area contributed by atoms with Crippen molar-refractivity contribution in [1.29, 1.82) is 0 Å². The van der Waals surface area contributed by atoms with Crippen LogP contribution in [0.4, 0.5) is 0 Å². The van der Waals surface area contributed by atoms with Crippen LogP contribution in [-0.2, 0) is 17.8 Å². The molecule has 1 aromatic carbocycles. The molecule has 0 amide bonds. The first-order chi connectivity index (χ1) is 18.2. The number of aliphatic carboxylic acids is 1. The van der Waals surface area contributed by atoms with E-state index >= 15 is 0 Å². The number of thiazole rings is 1. The molecule has 1 N–H and O–H groups in total. The smallest absolute Gasteiger partial charge is 0.309 e. The molecule has 0 spiro atoms. The number of pyridine rings is 1. The summed E-state index contributed by atoms with van der Waals surface area (Å²) in [5.74, 6) is -1.08. The third-order valence-corrected chi connectivity index (χ3v) is 8.11. The maximum atomic E-state index is 14.0. The molecule has 4 rings (SSSR count). The molecule has 0 fully saturated rings. The predicted molar refractivity (Wildman–Crippen MR) is 155 cm³/mol. The summed E-state index contributed by atoms with van der Waals surface area (Å²) in [5.41, 5.74) is -0.248. The number of fused-ring (bicyclic) bond motifs is 1. The molecule has 3 aromatic heterocycles. The van der Waals surface area contributed by atoms with Crippen molar-refractivity contribution >= 4 is 61.9 Å². The summed E-state index contributed by atoms with van der Waals surface area (Å²) in [4.78, 5) is 44.4. The third kappa shape index (κ3) is 6.10. The summed E-state index contributed by atoms with van der Waals surface area (Å²) in [6.45, 7) is 8.79. The Bertz CT molecular complexity index is 1580. The fraction of sp³-hybridized carbons (Fsp3) is 0.310. The second-order valence-electron chi connectivity index (χ2n) is 11.0. The molecule has 10 heteroatoms. The highest BCUT2D eigenvalue weighted by Crippen LogP contribution is 2.37. The van der Waals surface area contributed by atoms with Crippen LogP contribution >= 0.6 is 38.9 Å². The summed E-state index contributed by atoms with van der Waals surface area (Å²) in [6, 6.07) is 9.91. The average Bonchev–Trinajstić information content (AvgIpc) is 3.41. The molecular formula is C29H28BrClN2O5S. The number of carbonyl (C=O) groups excluding carboxylic acids is 2. The minimum absolute atomic E-state index is 0.0286. The van der Waals surface area contributed by atoms with E-state index in [0.717, 1.165) is 9.61 Å². The van der Waals surface area contributed by atoms with Crippen LogP contribution in [0.3, 0.4) is 0 Å². The van der Waals surface area contributed by atoms with Gasteiger partial charge >= 0.3 is 5.97 Å². The van der Waals surface area contributed by atoms with Gasteiger partial charge in [0.2, 0.25) is 5.78 Å². The van der Waals surface area contributed by atoms with Crippen molar-refractivity contribution in [2.75, 3.05) is 0 Å². The van der Waals surface area contributed by atoms with Gasteiger partial charge in [-0.1, -0.05) is 32.4 Å². The number of benzene rings is 1. The molecule has 4 aromatic rings. The van der Waals surface area contributed by atoms with Crippen LogP contribution in [0, 0.1) is 10.8 Å². The van der Waals surface area contributed by atoms with Gasteiger partial charge in [0.15, 0.2) is 5.78 Å². The molecule has 0 atom stereocenters. The van der Waals surface area contributed by atoms with E-state index in [2.05, 4.69) is 20.9 Å². The second kappa shape index (κ2) is 10.9. The van der Waals surface area contributed by atoms with Crippen LogP contribution in [-0.4, -0.2) is 32.0 Å². The number of hydrogen-bond acceptors (Lipinski definition) is 6. The highest BCUT2D eigenvalue weighted by atomic mass is 79.9. The Hall–Kier alpha value is -3.01. The lowest BCUT2D eigenvalue weighted by molar-refractivity contribution is -0.146. The van der Waals surface area contributed by atoms with Crippen molar-refractivity contribution < 1.29 is 24.2 Å². The van der Waals surface area contributed by atoms with Crippen molar-refractivity contribution in [2.24, 2.45) is 10.8 Å². The van der Waals surface area contributed by atoms with Gasteiger partial charge in [-0.2, -0.15) is 0 Å². The van der Waals surface area contributed by atoms with Crippen LogP contribution in [0.5, 0.6) is 5.75 Å². The van der Waals surface area contributed by atoms with E-state index in [0.29, 0.717) is 33.0 Å². The lowest BCUT2D eigenvalue weighted by Gasteiger charge is -2.22. The van der Waals surface area contributed by atoms with E-state index in [1.54, 1.807) is 81.6 Å². The van der Waals surface area contributed by atoms with Gasteiger partial charge in [0, 0.05) is 39.2 Å². The van der Waals surface area contributed by atoms with E-state index in [1.807, 2.05) is 5.38 Å². The number of rotatable bonds is 9. The Balaban J connectivity index is 1.96. The van der Waals surface area contributed by atoms with Crippen LogP contribution in [0.15, 0.2) is 52.6 Å². The molecule has 0 bridgehead atoms. The van der Waals surface area contributed by atoms with Crippen molar-refractivity contribution in [3.63, 3.8) is 0 Å². The summed E-state index contributed by atoms with van der Waals surface area (Å²) in [5, 5.41) is 13.1. The number of halogens is 2. The summed E-state index contributed by atoms with van der Waals surface area (Å²) >= 11 is 10.8. The minimum atomic E-state index is -1.25. The topological polar surface area (TPSA) is 98.0 Å². The Morgan fingerprint density at radius 3 is 2.33 bits per heavy atom. The third-order valence-electron chi connectivity index (χ3n) is 6.32. The highest BCUT2D eigenvalue weighted by molar-refractivity contribution is 9.10. The van der Waals surface area contributed by atoms with E-state index in [4.69, 9.17) is 16.3 Å². The van der Waals surface area contributed by atoms with Crippen LogP contribution in [0.1, 0.15) is 71.6 Å². The molecule has 0 radical (unpaired) electrons. The Kier molecular flexibility index (Phi) is 8.08. The Labute approximate surface area is 243 Å². The average molecular weight is 632 g/mol. The van der Waals surface area contributed by atoms with Crippen molar-refractivity contribution in [2.45, 2.75) is 47.6 Å². The zero-order valence-corrected chi connectivity index (χ0v) is 25.3. The standard InChI is InChI=1S/C29H28BrClN2O5S/c1-28(2,3)26(35)23-19(13-29(4,5)27(36)37)24(25(34)16-6-8-17(31)9-7-16)33-11-10-18(12-20(23)33)38-14-22-32-21(30)15-39-22/h6-12,15H,13-14H2,1-5H3,(H,36,37). The molecule has 0 aliphatic carbocycles. The van der Waals surface area contributed by atoms with E-state index in [-0.39, 0.29) is 30.3 Å². The molecule has 7 nitrogen and oxygen atoms in total. The van der Waals surface area contributed by atoms with Crippen LogP contribution < -0.4 is 4.74 Å². The van der Waals surface area contributed by atoms with E-state index in [1.165, 1.54) is 11.3 Å². The number of carboxylic acids is 1. The summed E-state index contributed by atoms with van der Waals surface area (Å²) < 4.78 is 8.38. The first kappa shape index (κ1) is 29.0. The van der Waals surface area contributed by atoms with Gasteiger partial charge in [-0.25, -0.2) is 4.98 Å². The van der Waals surface area contributed by atoms with Crippen molar-refractivity contribution in [1.82, 2.24) is 9.38 Å².